The zero-order valence-electron chi connectivity index (χ0n) is 11.9. The van der Waals surface area contributed by atoms with Gasteiger partial charge in [0.05, 0.1) is 5.02 Å². The molecule has 0 aromatic carbocycles. The lowest BCUT2D eigenvalue weighted by molar-refractivity contribution is -0.141. The topological polar surface area (TPSA) is 38.7 Å². The van der Waals surface area contributed by atoms with Gasteiger partial charge in [-0.2, -0.15) is 13.2 Å². The second kappa shape index (κ2) is 6.83. The number of thioether (sulfide) groups is 1. The number of hydrogen-bond donors (Lipinski definition) is 0. The summed E-state index contributed by atoms with van der Waals surface area (Å²) >= 11 is 7.24. The van der Waals surface area contributed by atoms with Gasteiger partial charge in [0, 0.05) is 23.8 Å². The maximum atomic E-state index is 12.8. The van der Waals surface area contributed by atoms with Crippen LogP contribution in [0, 0.1) is 6.92 Å². The lowest BCUT2D eigenvalue weighted by Gasteiger charge is -2.10. The molecule has 3 nitrogen and oxygen atoms in total. The normalized spacial score (nSPS) is 11.7. The highest BCUT2D eigenvalue weighted by molar-refractivity contribution is 7.98. The maximum absolute atomic E-state index is 12.8. The Labute approximate surface area is 135 Å². The average molecular weight is 348 g/mol. The number of nitrogens with zero attached hydrogens (tertiary/aromatic N) is 3. The van der Waals surface area contributed by atoms with E-state index < -0.39 is 11.9 Å². The van der Waals surface area contributed by atoms with Crippen molar-refractivity contribution in [2.24, 2.45) is 0 Å². The zero-order valence-corrected chi connectivity index (χ0v) is 13.5. The Balaban J connectivity index is 2.24. The molecule has 0 fully saturated rings. The van der Waals surface area contributed by atoms with E-state index in [1.165, 1.54) is 13.1 Å². The van der Waals surface area contributed by atoms with Crippen molar-refractivity contribution in [3.05, 3.63) is 46.0 Å². The molecule has 2 aromatic heterocycles. The van der Waals surface area contributed by atoms with Crippen LogP contribution in [-0.2, 0) is 18.3 Å². The monoisotopic (exact) mass is 347 g/mol. The van der Waals surface area contributed by atoms with Crippen LogP contribution in [0.2, 0.25) is 5.02 Å². The molecule has 0 unspecified atom stereocenters. The van der Waals surface area contributed by atoms with E-state index in [9.17, 15) is 13.2 Å². The van der Waals surface area contributed by atoms with Crippen LogP contribution in [0.5, 0.6) is 0 Å². The van der Waals surface area contributed by atoms with Gasteiger partial charge in [0.1, 0.15) is 5.69 Å². The van der Waals surface area contributed by atoms with E-state index in [1.807, 2.05) is 6.92 Å². The molecule has 0 radical (unpaired) electrons. The molecule has 2 heterocycles. The van der Waals surface area contributed by atoms with Crippen LogP contribution in [0.4, 0.5) is 13.2 Å². The molecular formula is C14H13ClF3N3S. The number of rotatable bonds is 4. The number of halogens is 4. The van der Waals surface area contributed by atoms with Crippen LogP contribution in [-0.4, -0.2) is 15.0 Å². The third kappa shape index (κ3) is 4.10. The first-order valence-electron chi connectivity index (χ1n) is 6.48. The van der Waals surface area contributed by atoms with E-state index in [1.54, 1.807) is 6.20 Å². The standard InChI is InChI=1S/C14H13ClF3N3S/c1-3-9-5-19-6-11(15)10(9)7-22-13-20-8(2)4-12(21-13)14(16,17)18/h4-6H,3,7H2,1-2H3. The highest BCUT2D eigenvalue weighted by atomic mass is 35.5. The lowest BCUT2D eigenvalue weighted by atomic mass is 10.1. The third-order valence-corrected chi connectivity index (χ3v) is 4.14. The number of alkyl halides is 3. The first-order valence-corrected chi connectivity index (χ1v) is 7.84. The van der Waals surface area contributed by atoms with Gasteiger partial charge in [0.15, 0.2) is 5.16 Å². The van der Waals surface area contributed by atoms with E-state index in [2.05, 4.69) is 15.0 Å². The first-order chi connectivity index (χ1) is 10.3. The smallest absolute Gasteiger partial charge is 0.263 e. The van der Waals surface area contributed by atoms with E-state index in [4.69, 9.17) is 11.6 Å². The summed E-state index contributed by atoms with van der Waals surface area (Å²) in [6.07, 6.45) is -0.507. The van der Waals surface area contributed by atoms with Gasteiger partial charge in [-0.05, 0) is 30.5 Å². The van der Waals surface area contributed by atoms with Gasteiger partial charge in [-0.3, -0.25) is 4.98 Å². The van der Waals surface area contributed by atoms with Crippen molar-refractivity contribution in [1.29, 1.82) is 0 Å². The van der Waals surface area contributed by atoms with Crippen molar-refractivity contribution in [3.8, 4) is 0 Å². The molecule has 0 bridgehead atoms. The van der Waals surface area contributed by atoms with Gasteiger partial charge in [0.2, 0.25) is 0 Å². The maximum Gasteiger partial charge on any atom is 0.433 e. The molecule has 2 rings (SSSR count). The van der Waals surface area contributed by atoms with Crippen molar-refractivity contribution in [2.75, 3.05) is 0 Å². The molecule has 0 saturated heterocycles. The SMILES string of the molecule is CCc1cncc(Cl)c1CSc1nc(C)cc(C(F)(F)F)n1. The molecular weight excluding hydrogens is 335 g/mol. The number of hydrogen-bond acceptors (Lipinski definition) is 4. The predicted molar refractivity (Wildman–Crippen MR) is 80.0 cm³/mol. The van der Waals surface area contributed by atoms with Crippen LogP contribution in [0.15, 0.2) is 23.6 Å². The Morgan fingerprint density at radius 1 is 1.23 bits per heavy atom. The van der Waals surface area contributed by atoms with Gasteiger partial charge in [0.25, 0.3) is 0 Å². The Bertz CT molecular complexity index is 677. The molecule has 0 N–H and O–H groups in total. The summed E-state index contributed by atoms with van der Waals surface area (Å²) in [5, 5.41) is 0.581. The van der Waals surface area contributed by atoms with Crippen molar-refractivity contribution in [1.82, 2.24) is 15.0 Å². The van der Waals surface area contributed by atoms with Crippen molar-refractivity contribution in [2.45, 2.75) is 37.4 Å². The summed E-state index contributed by atoms with van der Waals surface area (Å²) in [5.41, 5.74) is 1.16. The number of aromatic nitrogens is 3. The second-order valence-corrected chi connectivity index (χ2v) is 5.93. The number of aryl methyl sites for hydroxylation is 2. The van der Waals surface area contributed by atoms with Crippen LogP contribution in [0.3, 0.4) is 0 Å². The summed E-state index contributed by atoms with van der Waals surface area (Å²) < 4.78 is 38.3. The predicted octanol–water partition coefficient (Wildman–Crippen LogP) is 4.71. The molecule has 0 saturated carbocycles. The molecule has 0 amide bonds. The Kier molecular flexibility index (Phi) is 5.28. The summed E-state index contributed by atoms with van der Waals surface area (Å²) in [5.74, 6) is 0.394. The molecule has 22 heavy (non-hydrogen) atoms. The van der Waals surface area contributed by atoms with Crippen LogP contribution in [0.1, 0.15) is 29.4 Å². The molecule has 0 aliphatic carbocycles. The Morgan fingerprint density at radius 2 is 1.95 bits per heavy atom. The average Bonchev–Trinajstić information content (AvgIpc) is 2.44. The Morgan fingerprint density at radius 3 is 2.59 bits per heavy atom. The van der Waals surface area contributed by atoms with Gasteiger partial charge in [-0.1, -0.05) is 30.3 Å². The summed E-state index contributed by atoms with van der Waals surface area (Å²) in [7, 11) is 0. The Hall–Kier alpha value is -1.34. The van der Waals surface area contributed by atoms with Gasteiger partial charge in [-0.25, -0.2) is 9.97 Å². The molecule has 0 atom stereocenters. The molecule has 0 spiro atoms. The fraction of sp³-hybridized carbons (Fsp3) is 0.357. The van der Waals surface area contributed by atoms with Crippen molar-refractivity contribution < 1.29 is 13.2 Å². The lowest BCUT2D eigenvalue weighted by Crippen LogP contribution is -2.10. The molecule has 2 aromatic rings. The minimum atomic E-state index is -4.48. The van der Waals surface area contributed by atoms with E-state index in [-0.39, 0.29) is 10.9 Å². The van der Waals surface area contributed by atoms with E-state index in [0.29, 0.717) is 10.8 Å². The van der Waals surface area contributed by atoms with E-state index >= 15 is 0 Å². The second-order valence-electron chi connectivity index (χ2n) is 4.58. The van der Waals surface area contributed by atoms with Gasteiger partial charge >= 0.3 is 6.18 Å². The first kappa shape index (κ1) is 17.0. The van der Waals surface area contributed by atoms with Gasteiger partial charge in [-0.15, -0.1) is 0 Å². The van der Waals surface area contributed by atoms with Crippen molar-refractivity contribution in [3.63, 3.8) is 0 Å². The van der Waals surface area contributed by atoms with Crippen LogP contribution < -0.4 is 0 Å². The highest BCUT2D eigenvalue weighted by Crippen LogP contribution is 2.31. The fourth-order valence-electron chi connectivity index (χ4n) is 1.86. The number of pyridine rings is 1. The summed E-state index contributed by atoms with van der Waals surface area (Å²) in [6, 6.07) is 0.931. The fourth-order valence-corrected chi connectivity index (χ4v) is 3.17. The van der Waals surface area contributed by atoms with Crippen LogP contribution in [0.25, 0.3) is 0 Å². The van der Waals surface area contributed by atoms with Crippen molar-refractivity contribution >= 4 is 23.4 Å². The molecule has 0 aliphatic heterocycles. The highest BCUT2D eigenvalue weighted by Gasteiger charge is 2.33. The summed E-state index contributed by atoms with van der Waals surface area (Å²) in [4.78, 5) is 11.6. The molecule has 8 heteroatoms. The quantitative estimate of drug-likeness (QED) is 0.593. The summed E-state index contributed by atoms with van der Waals surface area (Å²) in [6.45, 7) is 3.48. The third-order valence-electron chi connectivity index (χ3n) is 2.94. The molecule has 0 aliphatic rings. The molecule has 118 valence electrons. The van der Waals surface area contributed by atoms with E-state index in [0.717, 1.165) is 35.4 Å². The largest absolute Gasteiger partial charge is 0.433 e. The van der Waals surface area contributed by atoms with Crippen LogP contribution >= 0.6 is 23.4 Å². The minimum Gasteiger partial charge on any atom is -0.263 e. The zero-order chi connectivity index (χ0) is 16.3. The van der Waals surface area contributed by atoms with Gasteiger partial charge < -0.3 is 0 Å². The minimum absolute atomic E-state index is 0.0854.